The zero-order valence-electron chi connectivity index (χ0n) is 21.7. The second kappa shape index (κ2) is 12.4. The van der Waals surface area contributed by atoms with Gasteiger partial charge in [0.2, 0.25) is 0 Å². The largest absolute Gasteiger partial charge is 0.484 e. The fraction of sp³-hybridized carbons (Fsp3) is 0.167. The van der Waals surface area contributed by atoms with Gasteiger partial charge in [0.25, 0.3) is 11.5 Å². The molecule has 3 aromatic rings. The maximum Gasteiger partial charge on any atom is 0.282 e. The van der Waals surface area contributed by atoms with Crippen LogP contribution in [0.4, 0.5) is 0 Å². The number of fused-ring (bicyclic) bond motifs is 1. The van der Waals surface area contributed by atoms with E-state index in [0.717, 1.165) is 16.7 Å². The van der Waals surface area contributed by atoms with E-state index >= 15 is 0 Å². The Morgan fingerprint density at radius 2 is 1.76 bits per heavy atom. The van der Waals surface area contributed by atoms with E-state index in [-0.39, 0.29) is 18.1 Å². The SMILES string of the molecule is C=C/C=C\C=C\c1c(/C(C)=C/C=C\C=C)nn2c(=O)c(-c3ccc(OCC(=O)N(C)C)cc3)c(C)[nH]c12. The van der Waals surface area contributed by atoms with Gasteiger partial charge < -0.3 is 14.6 Å². The van der Waals surface area contributed by atoms with Gasteiger partial charge >= 0.3 is 0 Å². The summed E-state index contributed by atoms with van der Waals surface area (Å²) in [5, 5.41) is 4.68. The highest BCUT2D eigenvalue weighted by atomic mass is 16.5. The van der Waals surface area contributed by atoms with E-state index in [0.29, 0.717) is 28.3 Å². The number of carbonyl (C=O) groups is 1. The van der Waals surface area contributed by atoms with Crippen molar-refractivity contribution in [2.24, 2.45) is 0 Å². The standard InChI is InChI=1S/C30H32N4O3/c1-7-9-11-13-15-25-28(21(3)14-12-10-8-2)32-34-29(25)31-22(4)27(30(34)36)23-16-18-24(19-17-23)37-20-26(35)33(5)6/h7-19,31H,1-2,20H2,3-6H3/b11-9-,12-10-,15-13+,21-14+. The molecule has 0 bridgehead atoms. The van der Waals surface area contributed by atoms with E-state index in [9.17, 15) is 9.59 Å². The Labute approximate surface area is 217 Å². The topological polar surface area (TPSA) is 79.7 Å². The van der Waals surface area contributed by atoms with Crippen LogP contribution in [0, 0.1) is 6.92 Å². The van der Waals surface area contributed by atoms with Crippen LogP contribution >= 0.6 is 0 Å². The van der Waals surface area contributed by atoms with Crippen LogP contribution in [0.3, 0.4) is 0 Å². The van der Waals surface area contributed by atoms with Gasteiger partial charge in [-0.2, -0.15) is 9.61 Å². The van der Waals surface area contributed by atoms with Crippen LogP contribution in [0.2, 0.25) is 0 Å². The number of ether oxygens (including phenoxy) is 1. The number of aromatic nitrogens is 3. The van der Waals surface area contributed by atoms with Crippen molar-refractivity contribution in [3.63, 3.8) is 0 Å². The van der Waals surface area contributed by atoms with Gasteiger partial charge in [-0.3, -0.25) is 9.59 Å². The van der Waals surface area contributed by atoms with Crippen molar-refractivity contribution in [1.29, 1.82) is 0 Å². The van der Waals surface area contributed by atoms with Crippen molar-refractivity contribution in [2.45, 2.75) is 13.8 Å². The summed E-state index contributed by atoms with van der Waals surface area (Å²) in [6, 6.07) is 7.09. The Morgan fingerprint density at radius 3 is 2.41 bits per heavy atom. The number of benzene rings is 1. The first kappa shape index (κ1) is 26.9. The summed E-state index contributed by atoms with van der Waals surface area (Å²) in [4.78, 5) is 30.3. The highest BCUT2D eigenvalue weighted by Gasteiger charge is 2.19. The first-order valence-electron chi connectivity index (χ1n) is 11.8. The predicted molar refractivity (Wildman–Crippen MR) is 152 cm³/mol. The Kier molecular flexibility index (Phi) is 9.00. The van der Waals surface area contributed by atoms with E-state index in [2.05, 4.69) is 23.2 Å². The van der Waals surface area contributed by atoms with Gasteiger partial charge in [-0.25, -0.2) is 0 Å². The third-order valence-electron chi connectivity index (χ3n) is 5.60. The maximum atomic E-state index is 13.7. The van der Waals surface area contributed by atoms with Gasteiger partial charge in [0.1, 0.15) is 11.4 Å². The van der Waals surface area contributed by atoms with Crippen LogP contribution in [0.15, 0.2) is 90.8 Å². The number of hydrogen-bond acceptors (Lipinski definition) is 4. The molecule has 7 heteroatoms. The third-order valence-corrected chi connectivity index (χ3v) is 5.60. The normalized spacial score (nSPS) is 12.2. The second-order valence-corrected chi connectivity index (χ2v) is 8.50. The Hall–Kier alpha value is -4.65. The molecule has 1 amide bonds. The van der Waals surface area contributed by atoms with Crippen LogP contribution < -0.4 is 10.3 Å². The predicted octanol–water partition coefficient (Wildman–Crippen LogP) is 5.37. The molecule has 0 saturated carbocycles. The summed E-state index contributed by atoms with van der Waals surface area (Å²) in [5.41, 5.74) is 4.70. The highest BCUT2D eigenvalue weighted by Crippen LogP contribution is 2.26. The molecule has 0 atom stereocenters. The molecular formula is C30H32N4O3. The summed E-state index contributed by atoms with van der Waals surface area (Å²) in [5.74, 6) is 0.411. The van der Waals surface area contributed by atoms with Crippen LogP contribution in [-0.2, 0) is 4.79 Å². The van der Waals surface area contributed by atoms with Crippen LogP contribution in [0.25, 0.3) is 28.4 Å². The van der Waals surface area contributed by atoms with E-state index < -0.39 is 0 Å². The number of nitrogens with one attached hydrogen (secondary N) is 1. The minimum atomic E-state index is -0.236. The fourth-order valence-electron chi connectivity index (χ4n) is 3.64. The summed E-state index contributed by atoms with van der Waals surface area (Å²) in [6.07, 6.45) is 16.5. The van der Waals surface area contributed by atoms with Gasteiger partial charge in [-0.05, 0) is 43.2 Å². The third kappa shape index (κ3) is 6.32. The molecule has 0 aliphatic rings. The lowest BCUT2D eigenvalue weighted by Gasteiger charge is -2.12. The average molecular weight is 497 g/mol. The number of aryl methyl sites for hydroxylation is 1. The molecule has 0 aliphatic heterocycles. The minimum absolute atomic E-state index is 0.0544. The number of allylic oxidation sites excluding steroid dienone is 9. The molecule has 190 valence electrons. The molecular weight excluding hydrogens is 464 g/mol. The van der Waals surface area contributed by atoms with Crippen molar-refractivity contribution in [3.05, 3.63) is 113 Å². The number of carbonyl (C=O) groups excluding carboxylic acids is 1. The smallest absolute Gasteiger partial charge is 0.282 e. The lowest BCUT2D eigenvalue weighted by Crippen LogP contribution is -2.27. The Morgan fingerprint density at radius 1 is 1.08 bits per heavy atom. The molecule has 3 rings (SSSR count). The molecule has 7 nitrogen and oxygen atoms in total. The zero-order chi connectivity index (χ0) is 26.9. The number of amides is 1. The molecule has 0 fully saturated rings. The van der Waals surface area contributed by atoms with Gasteiger partial charge in [-0.1, -0.05) is 73.9 Å². The number of hydrogen-bond donors (Lipinski definition) is 1. The molecule has 0 unspecified atom stereocenters. The van der Waals surface area contributed by atoms with Crippen molar-refractivity contribution in [3.8, 4) is 16.9 Å². The van der Waals surface area contributed by atoms with E-state index in [1.54, 1.807) is 50.5 Å². The van der Waals surface area contributed by atoms with Crippen molar-refractivity contribution in [1.82, 2.24) is 19.5 Å². The quantitative estimate of drug-likeness (QED) is 0.383. The molecule has 2 aromatic heterocycles. The fourth-order valence-corrected chi connectivity index (χ4v) is 3.64. The molecule has 0 spiro atoms. The van der Waals surface area contributed by atoms with Gasteiger partial charge in [-0.15, -0.1) is 0 Å². The Balaban J connectivity index is 2.09. The summed E-state index contributed by atoms with van der Waals surface area (Å²) in [7, 11) is 3.35. The van der Waals surface area contributed by atoms with E-state index in [1.165, 1.54) is 9.42 Å². The molecule has 37 heavy (non-hydrogen) atoms. The molecule has 2 heterocycles. The molecule has 0 aliphatic carbocycles. The van der Waals surface area contributed by atoms with E-state index in [1.807, 2.05) is 56.4 Å². The number of rotatable bonds is 10. The minimum Gasteiger partial charge on any atom is -0.484 e. The molecule has 0 saturated heterocycles. The van der Waals surface area contributed by atoms with Gasteiger partial charge in [0, 0.05) is 25.4 Å². The van der Waals surface area contributed by atoms with Crippen molar-refractivity contribution < 1.29 is 9.53 Å². The molecule has 1 aromatic carbocycles. The van der Waals surface area contributed by atoms with Gasteiger partial charge in [0.15, 0.2) is 6.61 Å². The number of aromatic amines is 1. The molecule has 0 radical (unpaired) electrons. The molecule has 1 N–H and O–H groups in total. The van der Waals surface area contributed by atoms with Crippen LogP contribution in [0.1, 0.15) is 23.9 Å². The lowest BCUT2D eigenvalue weighted by molar-refractivity contribution is -0.130. The summed E-state index contributed by atoms with van der Waals surface area (Å²) in [6.45, 7) is 11.1. The maximum absolute atomic E-state index is 13.7. The van der Waals surface area contributed by atoms with Gasteiger partial charge in [0.05, 0.1) is 11.3 Å². The lowest BCUT2D eigenvalue weighted by atomic mass is 10.1. The van der Waals surface area contributed by atoms with Crippen molar-refractivity contribution in [2.75, 3.05) is 20.7 Å². The van der Waals surface area contributed by atoms with Crippen LogP contribution in [-0.4, -0.2) is 46.1 Å². The average Bonchev–Trinajstić information content (AvgIpc) is 3.24. The van der Waals surface area contributed by atoms with Crippen LogP contribution in [0.5, 0.6) is 5.75 Å². The first-order valence-corrected chi connectivity index (χ1v) is 11.8. The summed E-state index contributed by atoms with van der Waals surface area (Å²) < 4.78 is 6.97. The summed E-state index contributed by atoms with van der Waals surface area (Å²) >= 11 is 0. The Bertz CT molecular complexity index is 1480. The zero-order valence-corrected chi connectivity index (χ0v) is 21.7. The number of likely N-dealkylation sites (N-methyl/N-ethyl adjacent to an activating group) is 1. The number of H-pyrrole nitrogens is 1. The van der Waals surface area contributed by atoms with Crippen molar-refractivity contribution >= 4 is 23.2 Å². The van der Waals surface area contributed by atoms with E-state index in [4.69, 9.17) is 4.74 Å². The second-order valence-electron chi connectivity index (χ2n) is 8.50. The monoisotopic (exact) mass is 496 g/mol. The first-order chi connectivity index (χ1) is 17.8. The number of nitrogens with zero attached hydrogens (tertiary/aromatic N) is 3. The highest BCUT2D eigenvalue weighted by molar-refractivity contribution is 5.81.